The third-order valence-electron chi connectivity index (χ3n) is 6.03. The van der Waals surface area contributed by atoms with Gasteiger partial charge in [-0.1, -0.05) is 42.6 Å². The summed E-state index contributed by atoms with van der Waals surface area (Å²) >= 11 is 6.61. The van der Waals surface area contributed by atoms with Gasteiger partial charge in [0.1, 0.15) is 0 Å². The lowest BCUT2D eigenvalue weighted by Crippen LogP contribution is -2.59. The van der Waals surface area contributed by atoms with Crippen molar-refractivity contribution in [1.82, 2.24) is 15.1 Å². The van der Waals surface area contributed by atoms with Gasteiger partial charge in [0.05, 0.1) is 5.54 Å². The van der Waals surface area contributed by atoms with E-state index in [0.29, 0.717) is 12.1 Å². The molecule has 1 saturated heterocycles. The van der Waals surface area contributed by atoms with Crippen LogP contribution in [0.5, 0.6) is 0 Å². The molecular weight excluding hydrogens is 306 g/mol. The maximum atomic E-state index is 6.61. The minimum absolute atomic E-state index is 0.0161. The van der Waals surface area contributed by atoms with Crippen LogP contribution in [0.4, 0.5) is 0 Å². The van der Waals surface area contributed by atoms with Gasteiger partial charge < -0.3 is 10.2 Å². The number of rotatable bonds is 4. The van der Waals surface area contributed by atoms with Gasteiger partial charge >= 0.3 is 0 Å². The van der Waals surface area contributed by atoms with Gasteiger partial charge in [0, 0.05) is 30.2 Å². The molecular formula is C19H30ClN3. The number of likely N-dealkylation sites (N-methyl/N-ethyl adjacent to an activating group) is 2. The summed E-state index contributed by atoms with van der Waals surface area (Å²) in [6.07, 6.45) is 6.29. The van der Waals surface area contributed by atoms with Crippen LogP contribution < -0.4 is 5.32 Å². The monoisotopic (exact) mass is 335 g/mol. The van der Waals surface area contributed by atoms with Crippen LogP contribution in [-0.2, 0) is 5.54 Å². The highest BCUT2D eigenvalue weighted by atomic mass is 35.5. The number of benzene rings is 1. The van der Waals surface area contributed by atoms with Crippen molar-refractivity contribution in [2.24, 2.45) is 0 Å². The Morgan fingerprint density at radius 2 is 2.00 bits per heavy atom. The number of likely N-dealkylation sites (tertiary alicyclic amines) is 1. The van der Waals surface area contributed by atoms with Crippen molar-refractivity contribution in [3.05, 3.63) is 34.9 Å². The maximum absolute atomic E-state index is 6.61. The van der Waals surface area contributed by atoms with Gasteiger partial charge in [-0.05, 0) is 52.0 Å². The molecule has 1 aliphatic carbocycles. The summed E-state index contributed by atoms with van der Waals surface area (Å²) in [7, 11) is 6.52. The van der Waals surface area contributed by atoms with Crippen molar-refractivity contribution in [2.45, 2.75) is 49.7 Å². The minimum atomic E-state index is -0.0161. The number of halogens is 1. The maximum Gasteiger partial charge on any atom is 0.0604 e. The summed E-state index contributed by atoms with van der Waals surface area (Å²) in [5.41, 5.74) is 1.26. The molecule has 1 unspecified atom stereocenters. The molecule has 0 aromatic heterocycles. The largest absolute Gasteiger partial charge is 0.309 e. The van der Waals surface area contributed by atoms with E-state index < -0.39 is 0 Å². The van der Waals surface area contributed by atoms with Crippen molar-refractivity contribution in [3.63, 3.8) is 0 Å². The Labute approximate surface area is 146 Å². The van der Waals surface area contributed by atoms with E-state index in [4.69, 9.17) is 11.6 Å². The molecule has 1 saturated carbocycles. The van der Waals surface area contributed by atoms with Crippen LogP contribution >= 0.6 is 11.6 Å². The molecule has 23 heavy (non-hydrogen) atoms. The predicted molar refractivity (Wildman–Crippen MR) is 98.1 cm³/mol. The van der Waals surface area contributed by atoms with Crippen LogP contribution in [-0.4, -0.2) is 56.1 Å². The molecule has 3 nitrogen and oxygen atoms in total. The number of nitrogens with zero attached hydrogens (tertiary/aromatic N) is 2. The lowest BCUT2D eigenvalue weighted by molar-refractivity contribution is 0.0726. The zero-order chi connectivity index (χ0) is 16.4. The van der Waals surface area contributed by atoms with Gasteiger partial charge in [0.25, 0.3) is 0 Å². The normalized spacial score (nSPS) is 32.6. The molecule has 1 N–H and O–H groups in total. The second-order valence-corrected chi connectivity index (χ2v) is 7.77. The first-order valence-corrected chi connectivity index (χ1v) is 9.30. The smallest absolute Gasteiger partial charge is 0.0604 e. The van der Waals surface area contributed by atoms with E-state index in [1.165, 1.54) is 50.8 Å². The van der Waals surface area contributed by atoms with Crippen LogP contribution in [0, 0.1) is 0 Å². The fourth-order valence-electron chi connectivity index (χ4n) is 4.68. The topological polar surface area (TPSA) is 18.5 Å². The molecule has 0 radical (unpaired) electrons. The zero-order valence-corrected chi connectivity index (χ0v) is 15.4. The molecule has 0 bridgehead atoms. The Bertz CT molecular complexity index is 533. The van der Waals surface area contributed by atoms with E-state index in [-0.39, 0.29) is 5.54 Å². The second kappa shape index (κ2) is 7.10. The summed E-state index contributed by atoms with van der Waals surface area (Å²) in [4.78, 5) is 5.09. The highest BCUT2D eigenvalue weighted by Crippen LogP contribution is 2.43. The lowest BCUT2D eigenvalue weighted by atomic mass is 9.72. The predicted octanol–water partition coefficient (Wildman–Crippen LogP) is 3.33. The van der Waals surface area contributed by atoms with Crippen molar-refractivity contribution < 1.29 is 0 Å². The molecule has 0 amide bonds. The second-order valence-electron chi connectivity index (χ2n) is 7.36. The van der Waals surface area contributed by atoms with Crippen molar-refractivity contribution in [1.29, 1.82) is 0 Å². The van der Waals surface area contributed by atoms with Gasteiger partial charge in [-0.25, -0.2) is 0 Å². The van der Waals surface area contributed by atoms with Crippen molar-refractivity contribution in [2.75, 3.05) is 34.2 Å². The first-order chi connectivity index (χ1) is 11.1. The van der Waals surface area contributed by atoms with E-state index in [1.807, 2.05) is 12.1 Å². The third-order valence-corrected chi connectivity index (χ3v) is 6.36. The van der Waals surface area contributed by atoms with E-state index in [1.54, 1.807) is 0 Å². The van der Waals surface area contributed by atoms with E-state index >= 15 is 0 Å². The molecule has 3 atom stereocenters. The number of nitrogens with one attached hydrogen (secondary N) is 1. The standard InChI is InChI=1S/C19H30ClN3/c1-21-19(16-8-4-5-9-17(16)20)12-7-6-10-18(19)23-13-11-15(14-23)22(2)3/h4-5,8-9,15,18,21H,6-7,10-14H2,1-3H3/t15?,18-,19+/m0/s1. The third kappa shape index (κ3) is 3.17. The first-order valence-electron chi connectivity index (χ1n) is 8.93. The Hall–Kier alpha value is -0.610. The SMILES string of the molecule is CN[C@@]1(c2ccccc2Cl)CCCC[C@@H]1N1CCC(N(C)C)C1. The summed E-state index contributed by atoms with van der Waals surface area (Å²) in [6, 6.07) is 9.62. The van der Waals surface area contributed by atoms with Crippen LogP contribution in [0.2, 0.25) is 5.02 Å². The summed E-state index contributed by atoms with van der Waals surface area (Å²) in [5, 5.41) is 4.61. The van der Waals surface area contributed by atoms with E-state index in [0.717, 1.165) is 5.02 Å². The zero-order valence-electron chi connectivity index (χ0n) is 14.7. The molecule has 3 rings (SSSR count). The van der Waals surface area contributed by atoms with Gasteiger partial charge in [-0.15, -0.1) is 0 Å². The van der Waals surface area contributed by atoms with Gasteiger partial charge in [0.2, 0.25) is 0 Å². The molecule has 1 aliphatic heterocycles. The highest BCUT2D eigenvalue weighted by molar-refractivity contribution is 6.31. The van der Waals surface area contributed by atoms with Crippen LogP contribution in [0.3, 0.4) is 0 Å². The summed E-state index contributed by atoms with van der Waals surface area (Å²) < 4.78 is 0. The van der Waals surface area contributed by atoms with Gasteiger partial charge in [0.15, 0.2) is 0 Å². The molecule has 1 heterocycles. The lowest BCUT2D eigenvalue weighted by Gasteiger charge is -2.49. The number of hydrogen-bond acceptors (Lipinski definition) is 3. The van der Waals surface area contributed by atoms with E-state index in [9.17, 15) is 0 Å². The Kier molecular flexibility index (Phi) is 5.32. The Morgan fingerprint density at radius 1 is 1.22 bits per heavy atom. The van der Waals surface area contributed by atoms with E-state index in [2.05, 4.69) is 48.4 Å². The fraction of sp³-hybridized carbons (Fsp3) is 0.684. The fourth-order valence-corrected chi connectivity index (χ4v) is 4.99. The molecule has 1 aromatic rings. The average molecular weight is 336 g/mol. The molecule has 2 fully saturated rings. The molecule has 2 aliphatic rings. The quantitative estimate of drug-likeness (QED) is 0.910. The highest BCUT2D eigenvalue weighted by Gasteiger charge is 2.46. The van der Waals surface area contributed by atoms with Gasteiger partial charge in [-0.3, -0.25) is 4.90 Å². The molecule has 0 spiro atoms. The van der Waals surface area contributed by atoms with Crippen LogP contribution in [0.15, 0.2) is 24.3 Å². The first kappa shape index (κ1) is 17.2. The van der Waals surface area contributed by atoms with Crippen LogP contribution in [0.1, 0.15) is 37.7 Å². The summed E-state index contributed by atoms with van der Waals surface area (Å²) in [6.45, 7) is 2.37. The number of hydrogen-bond donors (Lipinski definition) is 1. The van der Waals surface area contributed by atoms with Crippen LogP contribution in [0.25, 0.3) is 0 Å². The molecule has 4 heteroatoms. The minimum Gasteiger partial charge on any atom is -0.309 e. The molecule has 1 aromatic carbocycles. The summed E-state index contributed by atoms with van der Waals surface area (Å²) in [5.74, 6) is 0. The average Bonchev–Trinajstić information content (AvgIpc) is 3.05. The molecule has 128 valence electrons. The van der Waals surface area contributed by atoms with Gasteiger partial charge in [-0.2, -0.15) is 0 Å². The Balaban J connectivity index is 1.92. The van der Waals surface area contributed by atoms with Crippen molar-refractivity contribution >= 4 is 11.6 Å². The van der Waals surface area contributed by atoms with Crippen molar-refractivity contribution in [3.8, 4) is 0 Å². The Morgan fingerprint density at radius 3 is 2.65 bits per heavy atom.